The normalized spacial score (nSPS) is 10.7. The molecule has 15 heavy (non-hydrogen) atoms. The maximum absolute atomic E-state index is 10.6. The van der Waals surface area contributed by atoms with Crippen LogP contribution in [-0.2, 0) is 6.54 Å². The molecule has 1 aromatic carbocycles. The van der Waals surface area contributed by atoms with Crippen molar-refractivity contribution in [1.82, 2.24) is 9.55 Å². The number of fused-ring (bicyclic) bond motifs is 1. The quantitative estimate of drug-likeness (QED) is 0.772. The van der Waals surface area contributed by atoms with E-state index in [1.165, 1.54) is 12.1 Å². The molecule has 4 nitrogen and oxygen atoms in total. The number of carboxylic acid groups (broad SMARTS) is 1. The number of carboxylic acids is 1. The molecule has 0 saturated heterocycles. The molecule has 5 heteroatoms. The minimum absolute atomic E-state index is 0.155. The summed E-state index contributed by atoms with van der Waals surface area (Å²) in [5.74, 6) is -1.18. The van der Waals surface area contributed by atoms with Crippen molar-refractivity contribution >= 4 is 29.2 Å². The highest BCUT2D eigenvalue weighted by Gasteiger charge is 2.03. The molecular formula is C10H9N2O2S-. The van der Waals surface area contributed by atoms with E-state index in [-0.39, 0.29) is 5.56 Å². The van der Waals surface area contributed by atoms with Gasteiger partial charge >= 0.3 is 0 Å². The van der Waals surface area contributed by atoms with Crippen molar-refractivity contribution in [2.75, 3.05) is 0 Å². The monoisotopic (exact) mass is 221 g/mol. The SMILES string of the molecule is CCn1c(=S)[nH]c2cc(C(=O)[O-])ccc21. The van der Waals surface area contributed by atoms with Crippen molar-refractivity contribution in [3.8, 4) is 0 Å². The van der Waals surface area contributed by atoms with E-state index in [9.17, 15) is 9.90 Å². The highest BCUT2D eigenvalue weighted by Crippen LogP contribution is 2.15. The number of benzene rings is 1. The molecule has 1 aromatic heterocycles. The predicted octanol–water partition coefficient (Wildman–Crippen LogP) is 1.08. The number of nitrogens with one attached hydrogen (secondary N) is 1. The summed E-state index contributed by atoms with van der Waals surface area (Å²) < 4.78 is 2.51. The number of aryl methyl sites for hydroxylation is 1. The van der Waals surface area contributed by atoms with Gasteiger partial charge in [-0.05, 0) is 36.8 Å². The Morgan fingerprint density at radius 1 is 1.60 bits per heavy atom. The number of imidazole rings is 1. The van der Waals surface area contributed by atoms with Gasteiger partial charge in [0.15, 0.2) is 4.77 Å². The van der Waals surface area contributed by atoms with Crippen molar-refractivity contribution in [2.24, 2.45) is 0 Å². The van der Waals surface area contributed by atoms with Crippen molar-refractivity contribution in [2.45, 2.75) is 13.5 Å². The summed E-state index contributed by atoms with van der Waals surface area (Å²) in [4.78, 5) is 13.6. The number of H-pyrrole nitrogens is 1. The summed E-state index contributed by atoms with van der Waals surface area (Å²) in [6.45, 7) is 2.74. The van der Waals surface area contributed by atoms with Crippen LogP contribution in [0, 0.1) is 4.77 Å². The zero-order chi connectivity index (χ0) is 11.0. The Labute approximate surface area is 91.2 Å². The molecule has 0 bridgehead atoms. The molecule has 0 fully saturated rings. The first-order chi connectivity index (χ1) is 7.13. The van der Waals surface area contributed by atoms with Gasteiger partial charge in [0.2, 0.25) is 0 Å². The zero-order valence-corrected chi connectivity index (χ0v) is 8.93. The lowest BCUT2D eigenvalue weighted by Crippen LogP contribution is -2.21. The third kappa shape index (κ3) is 1.55. The van der Waals surface area contributed by atoms with Crippen LogP contribution in [0.2, 0.25) is 0 Å². The van der Waals surface area contributed by atoms with E-state index >= 15 is 0 Å². The number of aromatic amines is 1. The van der Waals surface area contributed by atoms with Gasteiger partial charge in [0.1, 0.15) is 0 Å². The molecule has 2 rings (SSSR count). The van der Waals surface area contributed by atoms with Gasteiger partial charge in [0, 0.05) is 6.54 Å². The Kier molecular flexibility index (Phi) is 2.32. The van der Waals surface area contributed by atoms with Crippen molar-refractivity contribution in [3.05, 3.63) is 28.5 Å². The topological polar surface area (TPSA) is 60.8 Å². The molecule has 0 atom stereocenters. The fourth-order valence-electron chi connectivity index (χ4n) is 1.60. The third-order valence-corrected chi connectivity index (χ3v) is 2.65. The number of carbonyl (C=O) groups is 1. The van der Waals surface area contributed by atoms with Crippen molar-refractivity contribution < 1.29 is 9.90 Å². The highest BCUT2D eigenvalue weighted by atomic mass is 32.1. The number of aromatic carboxylic acids is 1. The standard InChI is InChI=1S/C10H10N2O2S/c1-2-12-8-4-3-6(9(13)14)5-7(8)11-10(12)15/h3-5H,2H2,1H3,(H,11,15)(H,13,14)/p-1. The lowest BCUT2D eigenvalue weighted by molar-refractivity contribution is -0.255. The lowest BCUT2D eigenvalue weighted by atomic mass is 10.2. The van der Waals surface area contributed by atoms with E-state index in [1.54, 1.807) is 6.07 Å². The summed E-state index contributed by atoms with van der Waals surface area (Å²) in [6.07, 6.45) is 0. The van der Waals surface area contributed by atoms with Gasteiger partial charge in [-0.1, -0.05) is 6.07 Å². The van der Waals surface area contributed by atoms with E-state index in [4.69, 9.17) is 12.2 Å². The van der Waals surface area contributed by atoms with Crippen LogP contribution in [0.4, 0.5) is 0 Å². The van der Waals surface area contributed by atoms with Gasteiger partial charge in [-0.3, -0.25) is 0 Å². The Morgan fingerprint density at radius 3 is 2.93 bits per heavy atom. The minimum atomic E-state index is -1.18. The van der Waals surface area contributed by atoms with Gasteiger partial charge in [0.05, 0.1) is 17.0 Å². The highest BCUT2D eigenvalue weighted by molar-refractivity contribution is 7.71. The van der Waals surface area contributed by atoms with Crippen LogP contribution in [-0.4, -0.2) is 15.5 Å². The first kappa shape index (κ1) is 9.92. The number of rotatable bonds is 2. The largest absolute Gasteiger partial charge is 0.545 e. The number of hydrogen-bond acceptors (Lipinski definition) is 3. The maximum Gasteiger partial charge on any atom is 0.178 e. The van der Waals surface area contributed by atoms with E-state index in [1.807, 2.05) is 11.5 Å². The van der Waals surface area contributed by atoms with E-state index in [0.717, 1.165) is 17.6 Å². The average Bonchev–Trinajstić information content (AvgIpc) is 2.51. The van der Waals surface area contributed by atoms with Crippen LogP contribution in [0.25, 0.3) is 11.0 Å². The molecule has 0 unspecified atom stereocenters. The van der Waals surface area contributed by atoms with Gasteiger partial charge in [-0.15, -0.1) is 0 Å². The molecule has 0 amide bonds. The second kappa shape index (κ2) is 3.51. The molecule has 1 N–H and O–H groups in total. The molecule has 2 aromatic rings. The van der Waals surface area contributed by atoms with Gasteiger partial charge < -0.3 is 19.5 Å². The van der Waals surface area contributed by atoms with Crippen LogP contribution < -0.4 is 5.11 Å². The number of nitrogens with zero attached hydrogens (tertiary/aromatic N) is 1. The summed E-state index contributed by atoms with van der Waals surface area (Å²) in [7, 11) is 0. The second-order valence-corrected chi connectivity index (χ2v) is 3.58. The van der Waals surface area contributed by atoms with Crippen LogP contribution in [0.3, 0.4) is 0 Å². The van der Waals surface area contributed by atoms with E-state index in [0.29, 0.717) is 4.77 Å². The number of carbonyl (C=O) groups excluding carboxylic acids is 1. The predicted molar refractivity (Wildman–Crippen MR) is 57.1 cm³/mol. The Hall–Kier alpha value is -1.62. The summed E-state index contributed by atoms with van der Waals surface area (Å²) >= 11 is 5.11. The molecule has 0 aliphatic heterocycles. The molecule has 0 spiro atoms. The van der Waals surface area contributed by atoms with Gasteiger partial charge in [0.25, 0.3) is 0 Å². The van der Waals surface area contributed by atoms with Crippen LogP contribution in [0.5, 0.6) is 0 Å². The fraction of sp³-hybridized carbons (Fsp3) is 0.200. The summed E-state index contributed by atoms with van der Waals surface area (Å²) in [5, 5.41) is 10.6. The molecule has 0 aliphatic carbocycles. The lowest BCUT2D eigenvalue weighted by Gasteiger charge is -2.02. The smallest absolute Gasteiger partial charge is 0.178 e. The minimum Gasteiger partial charge on any atom is -0.545 e. The second-order valence-electron chi connectivity index (χ2n) is 3.19. The first-order valence-corrected chi connectivity index (χ1v) is 4.98. The Balaban J connectivity index is 2.75. The van der Waals surface area contributed by atoms with Crippen LogP contribution in [0.1, 0.15) is 17.3 Å². The molecule has 0 aliphatic rings. The van der Waals surface area contributed by atoms with Crippen LogP contribution in [0.15, 0.2) is 18.2 Å². The number of hydrogen-bond donors (Lipinski definition) is 1. The zero-order valence-electron chi connectivity index (χ0n) is 8.11. The first-order valence-electron chi connectivity index (χ1n) is 4.57. The maximum atomic E-state index is 10.6. The van der Waals surface area contributed by atoms with Crippen molar-refractivity contribution in [1.29, 1.82) is 0 Å². The van der Waals surface area contributed by atoms with E-state index < -0.39 is 5.97 Å². The fourth-order valence-corrected chi connectivity index (χ4v) is 1.94. The molecule has 1 heterocycles. The van der Waals surface area contributed by atoms with Crippen LogP contribution >= 0.6 is 12.2 Å². The Bertz CT molecular complexity index is 583. The van der Waals surface area contributed by atoms with Crippen molar-refractivity contribution in [3.63, 3.8) is 0 Å². The van der Waals surface area contributed by atoms with Gasteiger partial charge in [-0.25, -0.2) is 0 Å². The molecule has 0 saturated carbocycles. The van der Waals surface area contributed by atoms with Gasteiger partial charge in [-0.2, -0.15) is 0 Å². The summed E-state index contributed by atoms with van der Waals surface area (Å²) in [6, 6.07) is 4.79. The molecule has 0 radical (unpaired) electrons. The summed E-state index contributed by atoms with van der Waals surface area (Å²) in [5.41, 5.74) is 1.79. The third-order valence-electron chi connectivity index (χ3n) is 2.33. The van der Waals surface area contributed by atoms with E-state index in [2.05, 4.69) is 4.98 Å². The number of aromatic nitrogens is 2. The molecule has 78 valence electrons. The molecular weight excluding hydrogens is 212 g/mol. The average molecular weight is 221 g/mol. The Morgan fingerprint density at radius 2 is 2.33 bits per heavy atom.